The number of nitrogens with one attached hydrogen (secondary N) is 1. The van der Waals surface area contributed by atoms with Gasteiger partial charge in [0.15, 0.2) is 11.3 Å². The fourth-order valence-corrected chi connectivity index (χ4v) is 5.96. The number of imidazole rings is 1. The molecule has 0 atom stereocenters. The number of H-pyrrole nitrogens is 1. The van der Waals surface area contributed by atoms with Gasteiger partial charge in [-0.2, -0.15) is 4.31 Å². The highest BCUT2D eigenvalue weighted by Gasteiger charge is 2.29. The molecule has 0 bridgehead atoms. The van der Waals surface area contributed by atoms with E-state index in [1.807, 2.05) is 13.8 Å². The molecule has 11 nitrogen and oxygen atoms in total. The zero-order chi connectivity index (χ0) is 25.9. The van der Waals surface area contributed by atoms with E-state index in [2.05, 4.69) is 20.0 Å². The van der Waals surface area contributed by atoms with E-state index < -0.39 is 10.0 Å². The lowest BCUT2D eigenvalue weighted by molar-refractivity contribution is 0.171. The lowest BCUT2D eigenvalue weighted by Crippen LogP contribution is -2.48. The van der Waals surface area contributed by atoms with Crippen LogP contribution in [0.3, 0.4) is 0 Å². The van der Waals surface area contributed by atoms with Gasteiger partial charge in [-0.05, 0) is 44.9 Å². The number of ether oxygens (including phenoxy) is 1. The molecule has 0 aliphatic carbocycles. The molecule has 0 amide bonds. The first-order valence-corrected chi connectivity index (χ1v) is 13.8. The maximum atomic E-state index is 13.5. The monoisotopic (exact) mass is 518 g/mol. The van der Waals surface area contributed by atoms with Gasteiger partial charge in [0.25, 0.3) is 5.56 Å². The van der Waals surface area contributed by atoms with E-state index in [9.17, 15) is 13.2 Å². The first-order chi connectivity index (χ1) is 17.3. The number of hydrogen-bond donors (Lipinski definition) is 2. The third kappa shape index (κ3) is 5.17. The summed E-state index contributed by atoms with van der Waals surface area (Å²) in [7, 11) is -3.77. The molecule has 3 heterocycles. The maximum absolute atomic E-state index is 13.5. The maximum Gasteiger partial charge on any atom is 0.277 e. The molecule has 1 saturated heterocycles. The van der Waals surface area contributed by atoms with Crippen molar-refractivity contribution in [3.8, 4) is 17.1 Å². The molecule has 12 heteroatoms. The summed E-state index contributed by atoms with van der Waals surface area (Å²) in [5.41, 5.74) is 1.02. The molecule has 4 rings (SSSR count). The van der Waals surface area contributed by atoms with Gasteiger partial charge >= 0.3 is 0 Å². The Kier molecular flexibility index (Phi) is 8.08. The van der Waals surface area contributed by atoms with Crippen LogP contribution in [0.25, 0.3) is 16.9 Å². The number of aryl methyl sites for hydroxylation is 2. The Balaban J connectivity index is 1.73. The van der Waals surface area contributed by atoms with E-state index in [4.69, 9.17) is 9.84 Å². The van der Waals surface area contributed by atoms with Crippen LogP contribution in [-0.4, -0.2) is 88.2 Å². The SMILES string of the molecule is CCCc1nc(C)c2c(=O)[nH]c(-c3cc(S(=O)(=O)N4CCN(CCCO)CC4)ccc3OCC)nn12. The predicted molar refractivity (Wildman–Crippen MR) is 136 cm³/mol. The lowest BCUT2D eigenvalue weighted by atomic mass is 10.2. The van der Waals surface area contributed by atoms with Crippen molar-refractivity contribution in [3.05, 3.63) is 40.1 Å². The minimum Gasteiger partial charge on any atom is -0.493 e. The van der Waals surface area contributed by atoms with Crippen LogP contribution in [0.5, 0.6) is 5.75 Å². The molecule has 196 valence electrons. The standard InChI is InChI=1S/C24H34N6O5S/c1-4-7-21-25-17(3)22-24(32)26-23(27-30(21)22)19-16-18(8-9-20(19)35-5-2)36(33,34)29-13-11-28(12-14-29)10-6-15-31/h8-9,16,31H,4-7,10-15H2,1-3H3,(H,26,27,32). The normalized spacial score (nSPS) is 15.6. The van der Waals surface area contributed by atoms with Crippen LogP contribution < -0.4 is 10.3 Å². The number of sulfonamides is 1. The number of hydrogen-bond acceptors (Lipinski definition) is 8. The van der Waals surface area contributed by atoms with Crippen LogP contribution in [0.2, 0.25) is 0 Å². The van der Waals surface area contributed by atoms with Gasteiger partial charge in [-0.3, -0.25) is 4.79 Å². The smallest absolute Gasteiger partial charge is 0.277 e. The molecule has 3 aromatic rings. The van der Waals surface area contributed by atoms with E-state index in [0.717, 1.165) is 13.0 Å². The van der Waals surface area contributed by atoms with E-state index in [-0.39, 0.29) is 22.9 Å². The number of benzene rings is 1. The van der Waals surface area contributed by atoms with Crippen LogP contribution in [0.15, 0.2) is 27.9 Å². The van der Waals surface area contributed by atoms with Crippen LogP contribution in [0, 0.1) is 6.92 Å². The van der Waals surface area contributed by atoms with Gasteiger partial charge in [-0.25, -0.2) is 17.9 Å². The van der Waals surface area contributed by atoms with Crippen molar-refractivity contribution in [2.75, 3.05) is 45.9 Å². The van der Waals surface area contributed by atoms with Gasteiger partial charge in [0, 0.05) is 45.8 Å². The molecule has 0 spiro atoms. The van der Waals surface area contributed by atoms with E-state index >= 15 is 0 Å². The van der Waals surface area contributed by atoms with Crippen LogP contribution in [-0.2, 0) is 16.4 Å². The summed E-state index contributed by atoms with van der Waals surface area (Å²) in [6, 6.07) is 4.66. The minimum atomic E-state index is -3.77. The number of aromatic nitrogens is 4. The molecule has 2 N–H and O–H groups in total. The van der Waals surface area contributed by atoms with Crippen molar-refractivity contribution < 1.29 is 18.3 Å². The molecule has 0 saturated carbocycles. The van der Waals surface area contributed by atoms with Crippen molar-refractivity contribution in [2.45, 2.75) is 44.9 Å². The van der Waals surface area contributed by atoms with Crippen molar-refractivity contribution in [1.29, 1.82) is 0 Å². The summed E-state index contributed by atoms with van der Waals surface area (Å²) in [4.78, 5) is 22.5. The highest BCUT2D eigenvalue weighted by Crippen LogP contribution is 2.31. The van der Waals surface area contributed by atoms with Gasteiger partial charge in [-0.1, -0.05) is 6.92 Å². The Morgan fingerprint density at radius 3 is 2.58 bits per heavy atom. The summed E-state index contributed by atoms with van der Waals surface area (Å²) in [5, 5.41) is 13.7. The highest BCUT2D eigenvalue weighted by molar-refractivity contribution is 7.89. The van der Waals surface area contributed by atoms with Crippen molar-refractivity contribution in [3.63, 3.8) is 0 Å². The number of fused-ring (bicyclic) bond motifs is 1. The molecule has 0 unspecified atom stereocenters. The number of rotatable bonds is 10. The first kappa shape index (κ1) is 26.3. The molecule has 1 fully saturated rings. The van der Waals surface area contributed by atoms with E-state index in [1.54, 1.807) is 17.5 Å². The number of aliphatic hydroxyl groups excluding tert-OH is 1. The molecule has 1 aromatic carbocycles. The summed E-state index contributed by atoms with van der Waals surface area (Å²) < 4.78 is 35.8. The predicted octanol–water partition coefficient (Wildman–Crippen LogP) is 1.43. The quantitative estimate of drug-likeness (QED) is 0.412. The van der Waals surface area contributed by atoms with Gasteiger partial charge < -0.3 is 19.7 Å². The zero-order valence-electron chi connectivity index (χ0n) is 21.0. The average molecular weight is 519 g/mol. The molecule has 36 heavy (non-hydrogen) atoms. The molecule has 2 aromatic heterocycles. The number of piperazine rings is 1. The van der Waals surface area contributed by atoms with Crippen LogP contribution in [0.1, 0.15) is 38.2 Å². The summed E-state index contributed by atoms with van der Waals surface area (Å²) in [6.45, 7) is 8.81. The molecular formula is C24H34N6O5S. The van der Waals surface area contributed by atoms with Crippen molar-refractivity contribution in [2.24, 2.45) is 0 Å². The minimum absolute atomic E-state index is 0.114. The largest absolute Gasteiger partial charge is 0.493 e. The number of nitrogens with zero attached hydrogens (tertiary/aromatic N) is 5. The second kappa shape index (κ2) is 11.1. The Morgan fingerprint density at radius 2 is 1.92 bits per heavy atom. The summed E-state index contributed by atoms with van der Waals surface area (Å²) >= 11 is 0. The average Bonchev–Trinajstić information content (AvgIpc) is 3.19. The summed E-state index contributed by atoms with van der Waals surface area (Å²) in [5.74, 6) is 1.33. The van der Waals surface area contributed by atoms with Gasteiger partial charge in [-0.15, -0.1) is 5.10 Å². The Labute approximate surface area is 210 Å². The van der Waals surface area contributed by atoms with Crippen molar-refractivity contribution >= 4 is 15.5 Å². The van der Waals surface area contributed by atoms with Gasteiger partial charge in [0.1, 0.15) is 11.6 Å². The first-order valence-electron chi connectivity index (χ1n) is 12.4. The Bertz CT molecular complexity index is 1380. The van der Waals surface area contributed by atoms with E-state index in [1.165, 1.54) is 16.4 Å². The highest BCUT2D eigenvalue weighted by atomic mass is 32.2. The second-order valence-electron chi connectivity index (χ2n) is 8.84. The molecule has 1 aliphatic heterocycles. The number of aromatic amines is 1. The lowest BCUT2D eigenvalue weighted by Gasteiger charge is -2.33. The molecular weight excluding hydrogens is 484 g/mol. The third-order valence-electron chi connectivity index (χ3n) is 6.32. The number of aliphatic hydroxyl groups is 1. The fraction of sp³-hybridized carbons (Fsp3) is 0.542. The second-order valence-corrected chi connectivity index (χ2v) is 10.8. The Hall–Kier alpha value is -2.80. The fourth-order valence-electron chi connectivity index (χ4n) is 4.52. The third-order valence-corrected chi connectivity index (χ3v) is 8.22. The zero-order valence-corrected chi connectivity index (χ0v) is 21.8. The van der Waals surface area contributed by atoms with Crippen LogP contribution >= 0.6 is 0 Å². The van der Waals surface area contributed by atoms with Gasteiger partial charge in [0.2, 0.25) is 10.0 Å². The molecule has 0 radical (unpaired) electrons. The van der Waals surface area contributed by atoms with Gasteiger partial charge in [0.05, 0.1) is 22.8 Å². The summed E-state index contributed by atoms with van der Waals surface area (Å²) in [6.07, 6.45) is 2.16. The topological polar surface area (TPSA) is 133 Å². The molecule has 1 aliphatic rings. The Morgan fingerprint density at radius 1 is 1.17 bits per heavy atom. The van der Waals surface area contributed by atoms with Crippen molar-refractivity contribution in [1.82, 2.24) is 28.8 Å². The van der Waals surface area contributed by atoms with E-state index in [0.29, 0.717) is 74.0 Å². The van der Waals surface area contributed by atoms with Crippen LogP contribution in [0.4, 0.5) is 0 Å².